The van der Waals surface area contributed by atoms with Crippen molar-refractivity contribution in [2.75, 3.05) is 26.2 Å². The smallest absolute Gasteiger partial charge is 0.0192 e. The Morgan fingerprint density at radius 1 is 1.43 bits per heavy atom. The largest absolute Gasteiger partial charge is 0.311 e. The lowest BCUT2D eigenvalue weighted by molar-refractivity contribution is 0.192. The highest BCUT2D eigenvalue weighted by atomic mass is 15.2. The summed E-state index contributed by atoms with van der Waals surface area (Å²) in [6.45, 7) is 11.9. The molecule has 0 aromatic heterocycles. The molecule has 84 valence electrons. The first-order chi connectivity index (χ1) is 6.72. The van der Waals surface area contributed by atoms with E-state index < -0.39 is 0 Å². The van der Waals surface area contributed by atoms with Gasteiger partial charge in [0.15, 0.2) is 0 Å². The molecule has 0 saturated carbocycles. The molecule has 1 rings (SSSR count). The maximum absolute atomic E-state index is 3.56. The molecular weight excluding hydrogens is 172 g/mol. The van der Waals surface area contributed by atoms with Crippen molar-refractivity contribution in [3.63, 3.8) is 0 Å². The lowest BCUT2D eigenvalue weighted by Gasteiger charge is -2.33. The molecule has 0 aromatic rings. The first-order valence-corrected chi connectivity index (χ1v) is 6.18. The average Bonchev–Trinajstić information content (AvgIpc) is 2.18. The van der Waals surface area contributed by atoms with Gasteiger partial charge in [-0.3, -0.25) is 0 Å². The third-order valence-corrected chi connectivity index (χ3v) is 3.09. The Morgan fingerprint density at radius 3 is 2.86 bits per heavy atom. The summed E-state index contributed by atoms with van der Waals surface area (Å²) >= 11 is 0. The third kappa shape index (κ3) is 4.43. The Hall–Kier alpha value is -0.0800. The van der Waals surface area contributed by atoms with Crippen molar-refractivity contribution in [1.29, 1.82) is 0 Å². The van der Waals surface area contributed by atoms with Crippen LogP contribution in [0, 0.1) is 5.92 Å². The minimum absolute atomic E-state index is 0.739. The summed E-state index contributed by atoms with van der Waals surface area (Å²) in [7, 11) is 0. The molecule has 1 saturated heterocycles. The van der Waals surface area contributed by atoms with Gasteiger partial charge in [0.25, 0.3) is 0 Å². The average molecular weight is 198 g/mol. The summed E-state index contributed by atoms with van der Waals surface area (Å²) in [5.74, 6) is 0.861. The zero-order valence-corrected chi connectivity index (χ0v) is 10.1. The van der Waals surface area contributed by atoms with E-state index in [9.17, 15) is 0 Å². The Bertz CT molecular complexity index is 145. The molecule has 0 bridgehead atoms. The molecule has 1 heterocycles. The van der Waals surface area contributed by atoms with E-state index in [1.807, 2.05) is 0 Å². The number of nitrogens with zero attached hydrogens (tertiary/aromatic N) is 1. The van der Waals surface area contributed by atoms with E-state index >= 15 is 0 Å². The first kappa shape index (κ1) is 12.0. The van der Waals surface area contributed by atoms with Gasteiger partial charge in [0.2, 0.25) is 0 Å². The Labute approximate surface area is 89.1 Å². The Kier molecular flexibility index (Phi) is 5.49. The molecule has 2 nitrogen and oxygen atoms in total. The normalized spacial score (nSPS) is 24.4. The maximum atomic E-state index is 3.56. The highest BCUT2D eigenvalue weighted by Crippen LogP contribution is 2.07. The van der Waals surface area contributed by atoms with Gasteiger partial charge < -0.3 is 10.2 Å². The highest BCUT2D eigenvalue weighted by molar-refractivity contribution is 4.77. The predicted molar refractivity (Wildman–Crippen MR) is 62.6 cm³/mol. The van der Waals surface area contributed by atoms with Gasteiger partial charge in [0, 0.05) is 25.7 Å². The molecule has 0 radical (unpaired) electrons. The minimum atomic E-state index is 0.739. The molecule has 0 aliphatic carbocycles. The summed E-state index contributed by atoms with van der Waals surface area (Å²) in [5, 5.41) is 3.56. The molecule has 1 aliphatic rings. The lowest BCUT2D eigenvalue weighted by Crippen LogP contribution is -2.50. The van der Waals surface area contributed by atoms with Crippen LogP contribution in [0.1, 0.15) is 40.0 Å². The van der Waals surface area contributed by atoms with Gasteiger partial charge >= 0.3 is 0 Å². The highest BCUT2D eigenvalue weighted by Gasteiger charge is 2.16. The number of hydrogen-bond donors (Lipinski definition) is 1. The predicted octanol–water partition coefficient (Wildman–Crippen LogP) is 2.11. The van der Waals surface area contributed by atoms with Crippen molar-refractivity contribution in [2.24, 2.45) is 5.92 Å². The van der Waals surface area contributed by atoms with Crippen molar-refractivity contribution >= 4 is 0 Å². The SMILES string of the molecule is CCC1CN(CCCC(C)C)CCN1. The van der Waals surface area contributed by atoms with Crippen LogP contribution in [-0.2, 0) is 0 Å². The molecule has 1 atom stereocenters. The van der Waals surface area contributed by atoms with Crippen molar-refractivity contribution < 1.29 is 0 Å². The summed E-state index contributed by atoms with van der Waals surface area (Å²) in [6, 6.07) is 0.739. The molecule has 1 unspecified atom stereocenters. The lowest BCUT2D eigenvalue weighted by atomic mass is 10.1. The monoisotopic (exact) mass is 198 g/mol. The molecule has 0 amide bonds. The van der Waals surface area contributed by atoms with Crippen LogP contribution in [0.25, 0.3) is 0 Å². The molecule has 1 fully saturated rings. The zero-order chi connectivity index (χ0) is 10.4. The quantitative estimate of drug-likeness (QED) is 0.728. The van der Waals surface area contributed by atoms with Gasteiger partial charge in [0.05, 0.1) is 0 Å². The number of piperazine rings is 1. The van der Waals surface area contributed by atoms with Crippen LogP contribution in [0.2, 0.25) is 0 Å². The minimum Gasteiger partial charge on any atom is -0.311 e. The topological polar surface area (TPSA) is 15.3 Å². The van der Waals surface area contributed by atoms with Crippen LogP contribution in [0.3, 0.4) is 0 Å². The van der Waals surface area contributed by atoms with Crippen molar-refractivity contribution in [3.8, 4) is 0 Å². The fourth-order valence-electron chi connectivity index (χ4n) is 2.09. The first-order valence-electron chi connectivity index (χ1n) is 6.18. The van der Waals surface area contributed by atoms with Gasteiger partial charge in [-0.15, -0.1) is 0 Å². The van der Waals surface area contributed by atoms with E-state index in [0.29, 0.717) is 0 Å². The Balaban J connectivity index is 2.11. The second kappa shape index (κ2) is 6.41. The van der Waals surface area contributed by atoms with E-state index in [4.69, 9.17) is 0 Å². The van der Waals surface area contributed by atoms with E-state index in [1.165, 1.54) is 45.4 Å². The van der Waals surface area contributed by atoms with Crippen LogP contribution in [0.15, 0.2) is 0 Å². The zero-order valence-electron chi connectivity index (χ0n) is 10.1. The van der Waals surface area contributed by atoms with Crippen LogP contribution in [0.5, 0.6) is 0 Å². The van der Waals surface area contributed by atoms with Gasteiger partial charge in [-0.25, -0.2) is 0 Å². The summed E-state index contributed by atoms with van der Waals surface area (Å²) in [6.07, 6.45) is 4.01. The van der Waals surface area contributed by atoms with Gasteiger partial charge in [-0.1, -0.05) is 20.8 Å². The van der Waals surface area contributed by atoms with E-state index in [1.54, 1.807) is 0 Å². The van der Waals surface area contributed by atoms with Crippen LogP contribution < -0.4 is 5.32 Å². The summed E-state index contributed by atoms with van der Waals surface area (Å²) in [4.78, 5) is 2.62. The van der Waals surface area contributed by atoms with Crippen molar-refractivity contribution in [1.82, 2.24) is 10.2 Å². The molecule has 0 spiro atoms. The molecular formula is C12H26N2. The summed E-state index contributed by atoms with van der Waals surface area (Å²) < 4.78 is 0. The standard InChI is InChI=1S/C12H26N2/c1-4-12-10-14(9-7-13-12)8-5-6-11(2)3/h11-13H,4-10H2,1-3H3. The van der Waals surface area contributed by atoms with Crippen molar-refractivity contribution in [2.45, 2.75) is 46.1 Å². The van der Waals surface area contributed by atoms with Gasteiger partial charge in [-0.2, -0.15) is 0 Å². The van der Waals surface area contributed by atoms with Gasteiger partial charge in [0.1, 0.15) is 0 Å². The summed E-state index contributed by atoms with van der Waals surface area (Å²) in [5.41, 5.74) is 0. The van der Waals surface area contributed by atoms with Gasteiger partial charge in [-0.05, 0) is 31.7 Å². The third-order valence-electron chi connectivity index (χ3n) is 3.09. The number of nitrogens with one attached hydrogen (secondary N) is 1. The van der Waals surface area contributed by atoms with E-state index in [2.05, 4.69) is 31.0 Å². The van der Waals surface area contributed by atoms with E-state index in [-0.39, 0.29) is 0 Å². The van der Waals surface area contributed by atoms with Crippen LogP contribution >= 0.6 is 0 Å². The molecule has 14 heavy (non-hydrogen) atoms. The molecule has 0 aromatic carbocycles. The Morgan fingerprint density at radius 2 is 2.21 bits per heavy atom. The fraction of sp³-hybridized carbons (Fsp3) is 1.00. The van der Waals surface area contributed by atoms with E-state index in [0.717, 1.165) is 12.0 Å². The molecule has 1 aliphatic heterocycles. The number of hydrogen-bond acceptors (Lipinski definition) is 2. The van der Waals surface area contributed by atoms with Crippen LogP contribution in [-0.4, -0.2) is 37.1 Å². The van der Waals surface area contributed by atoms with Crippen LogP contribution in [0.4, 0.5) is 0 Å². The van der Waals surface area contributed by atoms with Crippen molar-refractivity contribution in [3.05, 3.63) is 0 Å². The second-order valence-electron chi connectivity index (χ2n) is 4.90. The molecule has 1 N–H and O–H groups in total. The molecule has 2 heteroatoms. The maximum Gasteiger partial charge on any atom is 0.0192 e. The fourth-order valence-corrected chi connectivity index (χ4v) is 2.09. The second-order valence-corrected chi connectivity index (χ2v) is 4.90. The number of rotatable bonds is 5.